The van der Waals surface area contributed by atoms with Crippen molar-refractivity contribution in [2.45, 2.75) is 6.42 Å². The van der Waals surface area contributed by atoms with Crippen LogP contribution < -0.4 is 0 Å². The molecule has 1 heterocycles. The van der Waals surface area contributed by atoms with E-state index in [-0.39, 0.29) is 0 Å². The van der Waals surface area contributed by atoms with Crippen LogP contribution in [0, 0.1) is 0 Å². The normalized spacial score (nSPS) is 20.5. The molecule has 3 nitrogen and oxygen atoms in total. The monoisotopic (exact) mass is 271 g/mol. The van der Waals surface area contributed by atoms with Gasteiger partial charge in [-0.15, -0.1) is 0 Å². The van der Waals surface area contributed by atoms with E-state index >= 15 is 0 Å². The Morgan fingerprint density at radius 1 is 1.36 bits per heavy atom. The third-order valence-corrected chi connectivity index (χ3v) is 2.24. The van der Waals surface area contributed by atoms with Crippen LogP contribution in [0.5, 0.6) is 0 Å². The zero-order chi connectivity index (χ0) is 7.94. The largest absolute Gasteiger partial charge is 0.379 e. The molecule has 0 unspecified atom stereocenters. The number of hydrogen-bond donors (Lipinski definition) is 0. The number of halogens is 1. The zero-order valence-electron chi connectivity index (χ0n) is 6.59. The zero-order valence-corrected chi connectivity index (χ0v) is 8.75. The Balaban J connectivity index is 1.96. The summed E-state index contributed by atoms with van der Waals surface area (Å²) in [6.45, 7) is 5.96. The SMILES string of the molecule is IOCCCN1CCOCC1. The molecular weight excluding hydrogens is 257 g/mol. The minimum atomic E-state index is 0.859. The summed E-state index contributed by atoms with van der Waals surface area (Å²) in [5.74, 6) is 0. The van der Waals surface area contributed by atoms with E-state index in [1.807, 2.05) is 23.0 Å². The Kier molecular flexibility index (Phi) is 5.43. The van der Waals surface area contributed by atoms with Crippen LogP contribution in [0.4, 0.5) is 0 Å². The van der Waals surface area contributed by atoms with Crippen LogP contribution in [0.15, 0.2) is 0 Å². The lowest BCUT2D eigenvalue weighted by atomic mass is 10.3. The molecule has 1 aliphatic rings. The van der Waals surface area contributed by atoms with E-state index in [1.54, 1.807) is 0 Å². The second-order valence-electron chi connectivity index (χ2n) is 2.62. The van der Waals surface area contributed by atoms with Gasteiger partial charge in [0.1, 0.15) is 23.0 Å². The first-order valence-corrected chi connectivity index (χ1v) is 4.85. The maximum atomic E-state index is 5.23. The number of nitrogens with zero attached hydrogens (tertiary/aromatic N) is 1. The lowest BCUT2D eigenvalue weighted by molar-refractivity contribution is 0.0364. The summed E-state index contributed by atoms with van der Waals surface area (Å²) in [5, 5.41) is 0. The highest BCUT2D eigenvalue weighted by molar-refractivity contribution is 14.1. The van der Waals surface area contributed by atoms with Crippen LogP contribution in [0.2, 0.25) is 0 Å². The van der Waals surface area contributed by atoms with Gasteiger partial charge in [0.25, 0.3) is 0 Å². The molecule has 0 aliphatic carbocycles. The average Bonchev–Trinajstić information content (AvgIpc) is 2.07. The summed E-state index contributed by atoms with van der Waals surface area (Å²) >= 11 is 1.94. The minimum Gasteiger partial charge on any atom is -0.379 e. The van der Waals surface area contributed by atoms with E-state index < -0.39 is 0 Å². The van der Waals surface area contributed by atoms with Crippen LogP contribution in [0.25, 0.3) is 0 Å². The molecule has 0 saturated carbocycles. The van der Waals surface area contributed by atoms with E-state index in [9.17, 15) is 0 Å². The van der Waals surface area contributed by atoms with Gasteiger partial charge in [-0.1, -0.05) is 0 Å². The molecule has 0 spiro atoms. The highest BCUT2D eigenvalue weighted by Gasteiger charge is 2.08. The van der Waals surface area contributed by atoms with Crippen LogP contribution in [-0.4, -0.2) is 44.4 Å². The molecule has 1 rings (SSSR count). The lowest BCUT2D eigenvalue weighted by Crippen LogP contribution is -2.37. The summed E-state index contributed by atoms with van der Waals surface area (Å²) in [5.41, 5.74) is 0. The van der Waals surface area contributed by atoms with E-state index in [0.717, 1.165) is 45.9 Å². The number of morpholine rings is 1. The molecule has 0 aromatic carbocycles. The van der Waals surface area contributed by atoms with Gasteiger partial charge >= 0.3 is 0 Å². The van der Waals surface area contributed by atoms with Crippen LogP contribution in [0.3, 0.4) is 0 Å². The van der Waals surface area contributed by atoms with E-state index in [0.29, 0.717) is 0 Å². The van der Waals surface area contributed by atoms with Crippen molar-refractivity contribution in [2.75, 3.05) is 39.5 Å². The molecular formula is C7H14INO2. The highest BCUT2D eigenvalue weighted by Crippen LogP contribution is 1.98. The molecule has 0 aromatic rings. The van der Waals surface area contributed by atoms with Gasteiger partial charge < -0.3 is 7.80 Å². The molecule has 0 radical (unpaired) electrons. The molecule has 0 bridgehead atoms. The van der Waals surface area contributed by atoms with Gasteiger partial charge in [0.05, 0.1) is 19.8 Å². The molecule has 0 atom stereocenters. The van der Waals surface area contributed by atoms with Crippen molar-refractivity contribution < 1.29 is 7.80 Å². The van der Waals surface area contributed by atoms with Crippen molar-refractivity contribution in [3.8, 4) is 0 Å². The Bertz CT molecular complexity index is 96.4. The fraction of sp³-hybridized carbons (Fsp3) is 1.00. The molecule has 4 heteroatoms. The molecule has 11 heavy (non-hydrogen) atoms. The number of hydrogen-bond acceptors (Lipinski definition) is 3. The van der Waals surface area contributed by atoms with Crippen LogP contribution in [-0.2, 0) is 7.80 Å². The van der Waals surface area contributed by atoms with E-state index in [4.69, 9.17) is 7.80 Å². The minimum absolute atomic E-state index is 0.859. The standard InChI is InChI=1S/C7H14INO2/c8-11-5-1-2-9-3-6-10-7-4-9/h1-7H2. The van der Waals surface area contributed by atoms with Gasteiger partial charge in [-0.25, -0.2) is 0 Å². The predicted octanol–water partition coefficient (Wildman–Crippen LogP) is 1.08. The fourth-order valence-corrected chi connectivity index (χ4v) is 1.48. The molecule has 0 N–H and O–H groups in total. The molecule has 1 fully saturated rings. The Hall–Kier alpha value is 0.610. The third kappa shape index (κ3) is 4.25. The maximum Gasteiger partial charge on any atom is 0.109 e. The van der Waals surface area contributed by atoms with Crippen molar-refractivity contribution in [3.63, 3.8) is 0 Å². The van der Waals surface area contributed by atoms with Gasteiger partial charge in [-0.05, 0) is 6.42 Å². The van der Waals surface area contributed by atoms with Crippen molar-refractivity contribution >= 4 is 23.0 Å². The summed E-state index contributed by atoms with van der Waals surface area (Å²) in [7, 11) is 0. The van der Waals surface area contributed by atoms with Gasteiger partial charge in [0.15, 0.2) is 0 Å². The molecule has 0 aromatic heterocycles. The first-order valence-electron chi connectivity index (χ1n) is 3.97. The first-order chi connectivity index (χ1) is 5.43. The predicted molar refractivity (Wildman–Crippen MR) is 51.8 cm³/mol. The smallest absolute Gasteiger partial charge is 0.109 e. The molecule has 0 amide bonds. The third-order valence-electron chi connectivity index (χ3n) is 1.80. The fourth-order valence-electron chi connectivity index (χ4n) is 1.17. The van der Waals surface area contributed by atoms with Gasteiger partial charge in [0, 0.05) is 19.6 Å². The number of ether oxygens (including phenoxy) is 1. The highest BCUT2D eigenvalue weighted by atomic mass is 127. The maximum absolute atomic E-state index is 5.23. The molecule has 66 valence electrons. The second-order valence-corrected chi connectivity index (χ2v) is 3.24. The lowest BCUT2D eigenvalue weighted by Gasteiger charge is -2.26. The first kappa shape index (κ1) is 9.70. The summed E-state index contributed by atoms with van der Waals surface area (Å²) in [6.07, 6.45) is 1.13. The van der Waals surface area contributed by atoms with Crippen LogP contribution in [0.1, 0.15) is 6.42 Å². The van der Waals surface area contributed by atoms with Gasteiger partial charge in [-0.2, -0.15) is 0 Å². The Labute approximate surface area is 81.7 Å². The average molecular weight is 271 g/mol. The summed E-state index contributed by atoms with van der Waals surface area (Å²) in [4.78, 5) is 2.42. The molecule has 1 saturated heterocycles. The van der Waals surface area contributed by atoms with E-state index in [2.05, 4.69) is 4.90 Å². The van der Waals surface area contributed by atoms with Gasteiger partial charge in [0.2, 0.25) is 0 Å². The number of rotatable bonds is 4. The van der Waals surface area contributed by atoms with Crippen LogP contribution >= 0.6 is 23.0 Å². The second kappa shape index (κ2) is 6.16. The van der Waals surface area contributed by atoms with Crippen molar-refractivity contribution in [2.24, 2.45) is 0 Å². The topological polar surface area (TPSA) is 21.7 Å². The quantitative estimate of drug-likeness (QED) is 0.564. The van der Waals surface area contributed by atoms with Gasteiger partial charge in [-0.3, -0.25) is 4.90 Å². The summed E-state index contributed by atoms with van der Waals surface area (Å²) in [6, 6.07) is 0. The molecule has 1 aliphatic heterocycles. The Morgan fingerprint density at radius 3 is 2.73 bits per heavy atom. The Morgan fingerprint density at radius 2 is 2.09 bits per heavy atom. The van der Waals surface area contributed by atoms with Crippen molar-refractivity contribution in [1.29, 1.82) is 0 Å². The summed E-state index contributed by atoms with van der Waals surface area (Å²) < 4.78 is 10.2. The van der Waals surface area contributed by atoms with E-state index in [1.165, 1.54) is 0 Å². The van der Waals surface area contributed by atoms with Crippen molar-refractivity contribution in [1.82, 2.24) is 4.90 Å². The van der Waals surface area contributed by atoms with Crippen molar-refractivity contribution in [3.05, 3.63) is 0 Å².